The summed E-state index contributed by atoms with van der Waals surface area (Å²) < 4.78 is 99.4. The second-order valence-corrected chi connectivity index (χ2v) is 17.8. The van der Waals surface area contributed by atoms with Crippen LogP contribution in [0.25, 0.3) is 0 Å². The van der Waals surface area contributed by atoms with Gasteiger partial charge in [-0.2, -0.15) is 26.3 Å². The molecule has 61 heavy (non-hydrogen) atoms. The van der Waals surface area contributed by atoms with E-state index >= 15 is 0 Å². The lowest BCUT2D eigenvalue weighted by Gasteiger charge is -2.28. The summed E-state index contributed by atoms with van der Waals surface area (Å²) in [6.45, 7) is 4.49. The average Bonchev–Trinajstić information content (AvgIpc) is 3.24. The summed E-state index contributed by atoms with van der Waals surface area (Å²) in [7, 11) is 2.13. The van der Waals surface area contributed by atoms with Gasteiger partial charge in [0.2, 0.25) is 0 Å². The van der Waals surface area contributed by atoms with E-state index in [0.29, 0.717) is 58.4 Å². The Bertz CT molecular complexity index is 1800. The Morgan fingerprint density at radius 3 is 1.15 bits per heavy atom. The first-order valence-corrected chi connectivity index (χ1v) is 22.5. The highest BCUT2D eigenvalue weighted by molar-refractivity contribution is 5.48. The van der Waals surface area contributed by atoms with Gasteiger partial charge in [-0.05, 0) is 132 Å². The number of halogens is 6. The summed E-state index contributed by atoms with van der Waals surface area (Å²) >= 11 is 0. The molecule has 0 aromatic heterocycles. The van der Waals surface area contributed by atoms with Crippen LogP contribution in [0.1, 0.15) is 147 Å². The van der Waals surface area contributed by atoms with Crippen molar-refractivity contribution in [1.82, 2.24) is 0 Å². The van der Waals surface area contributed by atoms with Crippen LogP contribution in [0.15, 0.2) is 84.9 Å². The van der Waals surface area contributed by atoms with E-state index in [0.717, 1.165) is 37.2 Å². The Kier molecular flexibility index (Phi) is 16.5. The molecule has 0 heterocycles. The van der Waals surface area contributed by atoms with E-state index in [4.69, 9.17) is 14.2 Å². The molecule has 0 bridgehead atoms. The number of hydrogen-bond donors (Lipinski definition) is 0. The second kappa shape index (κ2) is 21.5. The number of rotatable bonds is 18. The Morgan fingerprint density at radius 1 is 0.492 bits per heavy atom. The minimum Gasteiger partial charge on any atom is -0.457 e. The van der Waals surface area contributed by atoms with Crippen molar-refractivity contribution in [3.05, 3.63) is 129 Å². The molecule has 2 unspecified atom stereocenters. The Morgan fingerprint density at radius 2 is 0.836 bits per heavy atom. The maximum Gasteiger partial charge on any atom is 0.414 e. The molecule has 6 rings (SSSR count). The van der Waals surface area contributed by atoms with Gasteiger partial charge < -0.3 is 14.2 Å². The smallest absolute Gasteiger partial charge is 0.414 e. The molecule has 2 aliphatic carbocycles. The van der Waals surface area contributed by atoms with Gasteiger partial charge in [0.15, 0.2) is 12.2 Å². The summed E-state index contributed by atoms with van der Waals surface area (Å²) in [5, 5.41) is 0. The molecular weight excluding hydrogens is 787 g/mol. The monoisotopic (exact) mass is 850 g/mol. The zero-order valence-corrected chi connectivity index (χ0v) is 36.4. The lowest BCUT2D eigenvalue weighted by Crippen LogP contribution is -2.32. The van der Waals surface area contributed by atoms with Crippen LogP contribution in [0, 0.1) is 11.8 Å². The van der Waals surface area contributed by atoms with Crippen molar-refractivity contribution in [1.29, 1.82) is 0 Å². The van der Waals surface area contributed by atoms with Gasteiger partial charge in [-0.25, -0.2) is 0 Å². The predicted molar refractivity (Wildman–Crippen MR) is 232 cm³/mol. The van der Waals surface area contributed by atoms with Gasteiger partial charge in [-0.3, -0.25) is 0 Å². The van der Waals surface area contributed by atoms with Crippen molar-refractivity contribution in [2.24, 2.45) is 11.8 Å². The van der Waals surface area contributed by atoms with Gasteiger partial charge in [-0.1, -0.05) is 112 Å². The molecule has 332 valence electrons. The van der Waals surface area contributed by atoms with E-state index in [1.807, 2.05) is 0 Å². The van der Waals surface area contributed by atoms with E-state index in [1.165, 1.54) is 88.2 Å². The minimum absolute atomic E-state index is 0.358. The molecular formula is C52H64F6O3. The van der Waals surface area contributed by atoms with Gasteiger partial charge in [-0.15, -0.1) is 0 Å². The molecule has 2 aliphatic rings. The molecule has 3 nitrogen and oxygen atoms in total. The normalized spacial score (nSPS) is 21.0. The SMILES string of the molecule is CCCC1CCC(c2ccc(Cc3cc(CC(OC)C(F)(F)F)ccc3Oc3ccc(CC(OC)C(F)(F)F)cc3Cc3ccc(C4CCC(CCC)CC4)cc3)cc2)CC1. The molecule has 2 saturated carbocycles. The Balaban J connectivity index is 1.28. The van der Waals surface area contributed by atoms with Gasteiger partial charge >= 0.3 is 12.4 Å². The van der Waals surface area contributed by atoms with Crippen LogP contribution in [0.3, 0.4) is 0 Å². The van der Waals surface area contributed by atoms with Crippen molar-refractivity contribution < 1.29 is 40.6 Å². The van der Waals surface area contributed by atoms with Crippen LogP contribution in [0.4, 0.5) is 26.3 Å². The van der Waals surface area contributed by atoms with Gasteiger partial charge in [0.1, 0.15) is 11.5 Å². The van der Waals surface area contributed by atoms with E-state index in [9.17, 15) is 26.3 Å². The molecule has 4 aromatic rings. The summed E-state index contributed by atoms with van der Waals surface area (Å²) in [5.41, 5.74) is 6.94. The van der Waals surface area contributed by atoms with Crippen LogP contribution in [0.2, 0.25) is 0 Å². The lowest BCUT2D eigenvalue weighted by molar-refractivity contribution is -0.212. The first-order chi connectivity index (χ1) is 29.3. The average molecular weight is 851 g/mol. The molecule has 0 radical (unpaired) electrons. The van der Waals surface area contributed by atoms with Gasteiger partial charge in [0, 0.05) is 39.9 Å². The van der Waals surface area contributed by atoms with Gasteiger partial charge in [0.25, 0.3) is 0 Å². The van der Waals surface area contributed by atoms with Gasteiger partial charge in [0.05, 0.1) is 0 Å². The predicted octanol–water partition coefficient (Wildman–Crippen LogP) is 15.0. The maximum atomic E-state index is 13.8. The Labute approximate surface area is 359 Å². The fourth-order valence-electron chi connectivity index (χ4n) is 9.85. The zero-order valence-electron chi connectivity index (χ0n) is 36.4. The highest BCUT2D eigenvalue weighted by atomic mass is 19.4. The first-order valence-electron chi connectivity index (χ1n) is 22.5. The molecule has 0 amide bonds. The third-order valence-corrected chi connectivity index (χ3v) is 13.4. The summed E-state index contributed by atoms with van der Waals surface area (Å²) in [6, 6.07) is 27.3. The maximum absolute atomic E-state index is 13.8. The van der Waals surface area contributed by atoms with E-state index < -0.39 is 24.6 Å². The van der Waals surface area contributed by atoms with E-state index in [-0.39, 0.29) is 12.8 Å². The number of ether oxygens (including phenoxy) is 3. The molecule has 4 aromatic carbocycles. The second-order valence-electron chi connectivity index (χ2n) is 17.8. The minimum atomic E-state index is -4.54. The first kappa shape index (κ1) is 46.7. The number of benzene rings is 4. The summed E-state index contributed by atoms with van der Waals surface area (Å²) in [6.07, 6.45) is 1.82. The lowest BCUT2D eigenvalue weighted by atomic mass is 9.77. The number of alkyl halides is 6. The molecule has 0 N–H and O–H groups in total. The Hall–Kier alpha value is -3.82. The quantitative estimate of drug-likeness (QED) is 0.0934. The highest BCUT2D eigenvalue weighted by Gasteiger charge is 2.41. The molecule has 0 spiro atoms. The van der Waals surface area contributed by atoms with Crippen LogP contribution >= 0.6 is 0 Å². The number of methoxy groups -OCH3 is 2. The summed E-state index contributed by atoms with van der Waals surface area (Å²) in [4.78, 5) is 0. The van der Waals surface area contributed by atoms with Crippen molar-refractivity contribution in [2.75, 3.05) is 14.2 Å². The van der Waals surface area contributed by atoms with Crippen molar-refractivity contribution in [3.8, 4) is 11.5 Å². The molecule has 0 aliphatic heterocycles. The van der Waals surface area contributed by atoms with Crippen molar-refractivity contribution >= 4 is 0 Å². The molecule has 9 heteroatoms. The molecule has 0 saturated heterocycles. The van der Waals surface area contributed by atoms with Crippen LogP contribution in [-0.4, -0.2) is 38.8 Å². The molecule has 2 atom stereocenters. The largest absolute Gasteiger partial charge is 0.457 e. The van der Waals surface area contributed by atoms with Crippen LogP contribution < -0.4 is 4.74 Å². The highest BCUT2D eigenvalue weighted by Crippen LogP contribution is 2.40. The fourth-order valence-corrected chi connectivity index (χ4v) is 9.85. The zero-order chi connectivity index (χ0) is 43.6. The number of hydrogen-bond acceptors (Lipinski definition) is 3. The third-order valence-electron chi connectivity index (χ3n) is 13.4. The molecule has 2 fully saturated rings. The third kappa shape index (κ3) is 13.1. The fraction of sp³-hybridized carbons (Fsp3) is 0.538. The van der Waals surface area contributed by atoms with Crippen LogP contribution in [-0.2, 0) is 35.2 Å². The standard InChI is InChI=1S/C52H64F6O3/c1-5-7-35-9-19-41(20-10-35)43-23-13-37(14-24-43)29-45-31-39(33-49(59-3)51(53,54)55)17-27-47(45)61-48-28-18-40(34-50(60-4)52(56,57)58)32-46(48)30-38-15-25-44(26-16-38)42-21-11-36(8-6-2)12-22-42/h13-18,23-28,31-32,35-36,41-42,49-50H,5-12,19-22,29-30,33-34H2,1-4H3. The van der Waals surface area contributed by atoms with Crippen molar-refractivity contribution in [2.45, 2.75) is 153 Å². The van der Waals surface area contributed by atoms with Crippen molar-refractivity contribution in [3.63, 3.8) is 0 Å². The topological polar surface area (TPSA) is 27.7 Å². The van der Waals surface area contributed by atoms with E-state index in [2.05, 4.69) is 62.4 Å². The van der Waals surface area contributed by atoms with E-state index in [1.54, 1.807) is 36.4 Å². The van der Waals surface area contributed by atoms with Crippen LogP contribution in [0.5, 0.6) is 11.5 Å². The summed E-state index contributed by atoms with van der Waals surface area (Å²) in [5.74, 6) is 3.61.